The van der Waals surface area contributed by atoms with Gasteiger partial charge in [0.05, 0.1) is 18.0 Å². The zero-order valence-electron chi connectivity index (χ0n) is 18.4. The second kappa shape index (κ2) is 9.78. The molecule has 0 saturated carbocycles. The highest BCUT2D eigenvalue weighted by Crippen LogP contribution is 2.33. The van der Waals surface area contributed by atoms with Crippen LogP contribution in [0, 0.1) is 18.3 Å². The number of carbonyl (C=O) groups is 1. The molecule has 0 aliphatic rings. The minimum atomic E-state index is -0.732. The summed E-state index contributed by atoms with van der Waals surface area (Å²) in [5.74, 6) is -1.62. The predicted octanol–water partition coefficient (Wildman–Crippen LogP) is 5.45. The van der Waals surface area contributed by atoms with Crippen molar-refractivity contribution >= 4 is 17.4 Å². The van der Waals surface area contributed by atoms with E-state index in [0.717, 1.165) is 15.7 Å². The molecule has 0 spiro atoms. The summed E-state index contributed by atoms with van der Waals surface area (Å²) in [6, 6.07) is 27.2. The van der Waals surface area contributed by atoms with Gasteiger partial charge in [0, 0.05) is 5.02 Å². The molecule has 5 nitrogen and oxygen atoms in total. The normalized spacial score (nSPS) is 10.8. The molecule has 1 N–H and O–H groups in total. The molecule has 1 heterocycles. The first kappa shape index (κ1) is 23.0. The average Bonchev–Trinajstić information content (AvgIpc) is 2.85. The Morgan fingerprint density at radius 3 is 2.03 bits per heavy atom. The Balaban J connectivity index is 1.94. The number of hydrogen-bond acceptors (Lipinski definition) is 4. The summed E-state index contributed by atoms with van der Waals surface area (Å²) in [7, 11) is 0. The number of aromatic hydroxyl groups is 1. The Kier molecular flexibility index (Phi) is 6.62. The minimum Gasteiger partial charge on any atom is -0.494 e. The van der Waals surface area contributed by atoms with Crippen LogP contribution in [0.3, 0.4) is 0 Å². The third-order valence-corrected chi connectivity index (χ3v) is 6.23. The van der Waals surface area contributed by atoms with Gasteiger partial charge in [-0.15, -0.1) is 0 Å². The lowest BCUT2D eigenvalue weighted by atomic mass is 9.83. The van der Waals surface area contributed by atoms with Gasteiger partial charge in [-0.05, 0) is 35.2 Å². The molecule has 0 amide bonds. The van der Waals surface area contributed by atoms with Crippen molar-refractivity contribution in [3.63, 3.8) is 0 Å². The number of halogens is 1. The minimum absolute atomic E-state index is 0.0547. The monoisotopic (exact) mass is 468 g/mol. The Morgan fingerprint density at radius 2 is 1.50 bits per heavy atom. The second-order valence-electron chi connectivity index (χ2n) is 7.91. The quantitative estimate of drug-likeness (QED) is 0.381. The maximum Gasteiger partial charge on any atom is 0.271 e. The standard InChI is InChI=1S/C28H21ClN2O3/c1-18-22(16-30)27(33)31(17-21-14-8-9-15-23(21)29)28(34)24(18)26(32)25(19-10-4-2-5-11-19)20-12-6-3-7-13-20/h2-15,25,34H,17H2,1H3. The Morgan fingerprint density at radius 1 is 0.971 bits per heavy atom. The van der Waals surface area contributed by atoms with Crippen molar-refractivity contribution in [2.45, 2.75) is 19.4 Å². The Bertz CT molecular complexity index is 1420. The molecule has 0 saturated heterocycles. The largest absolute Gasteiger partial charge is 0.494 e. The summed E-state index contributed by atoms with van der Waals surface area (Å²) in [4.78, 5) is 27.1. The topological polar surface area (TPSA) is 83.1 Å². The molecule has 0 bridgehead atoms. The van der Waals surface area contributed by atoms with E-state index >= 15 is 0 Å². The SMILES string of the molecule is Cc1c(C(=O)C(c2ccccc2)c2ccccc2)c(O)n(Cc2ccccc2Cl)c(=O)c1C#N. The van der Waals surface area contributed by atoms with Crippen molar-refractivity contribution in [3.05, 3.63) is 134 Å². The van der Waals surface area contributed by atoms with Crippen LogP contribution in [0.5, 0.6) is 5.88 Å². The van der Waals surface area contributed by atoms with Crippen LogP contribution in [0.1, 0.15) is 44.1 Å². The van der Waals surface area contributed by atoms with E-state index in [0.29, 0.717) is 10.6 Å². The van der Waals surface area contributed by atoms with Gasteiger partial charge in [-0.2, -0.15) is 5.26 Å². The molecule has 0 unspecified atom stereocenters. The van der Waals surface area contributed by atoms with E-state index < -0.39 is 23.1 Å². The van der Waals surface area contributed by atoms with Gasteiger partial charge in [0.25, 0.3) is 5.56 Å². The molecule has 0 radical (unpaired) electrons. The first-order valence-corrected chi connectivity index (χ1v) is 11.1. The zero-order valence-corrected chi connectivity index (χ0v) is 19.2. The van der Waals surface area contributed by atoms with E-state index in [1.807, 2.05) is 66.7 Å². The highest BCUT2D eigenvalue weighted by Gasteiger charge is 2.31. The molecular weight excluding hydrogens is 448 g/mol. The molecular formula is C28H21ClN2O3. The van der Waals surface area contributed by atoms with Gasteiger partial charge < -0.3 is 5.11 Å². The molecule has 0 aliphatic carbocycles. The number of nitriles is 1. The average molecular weight is 469 g/mol. The number of ketones is 1. The number of benzene rings is 3. The molecule has 0 fully saturated rings. The van der Waals surface area contributed by atoms with Crippen LogP contribution >= 0.6 is 11.6 Å². The van der Waals surface area contributed by atoms with Gasteiger partial charge in [-0.3, -0.25) is 14.2 Å². The van der Waals surface area contributed by atoms with Crippen molar-refractivity contribution < 1.29 is 9.90 Å². The maximum atomic E-state index is 14.0. The number of hydrogen-bond donors (Lipinski definition) is 1. The lowest BCUT2D eigenvalue weighted by Crippen LogP contribution is -2.28. The van der Waals surface area contributed by atoms with Crippen LogP contribution in [0.25, 0.3) is 0 Å². The summed E-state index contributed by atoms with van der Waals surface area (Å²) >= 11 is 6.27. The van der Waals surface area contributed by atoms with Gasteiger partial charge in [0.2, 0.25) is 5.88 Å². The third-order valence-electron chi connectivity index (χ3n) is 5.86. The number of rotatable bonds is 6. The summed E-state index contributed by atoms with van der Waals surface area (Å²) in [5, 5.41) is 21.4. The summed E-state index contributed by atoms with van der Waals surface area (Å²) in [5.41, 5.74) is 1.29. The Hall–Kier alpha value is -4.14. The van der Waals surface area contributed by atoms with Gasteiger partial charge in [-0.25, -0.2) is 0 Å². The maximum absolute atomic E-state index is 14.0. The molecule has 6 heteroatoms. The van der Waals surface area contributed by atoms with Gasteiger partial charge >= 0.3 is 0 Å². The first-order chi connectivity index (χ1) is 16.4. The highest BCUT2D eigenvalue weighted by molar-refractivity contribution is 6.31. The summed E-state index contributed by atoms with van der Waals surface area (Å²) in [6.45, 7) is 1.43. The van der Waals surface area contributed by atoms with E-state index in [1.54, 1.807) is 24.3 Å². The van der Waals surface area contributed by atoms with Crippen molar-refractivity contribution in [1.82, 2.24) is 4.57 Å². The molecule has 3 aromatic carbocycles. The van der Waals surface area contributed by atoms with Crippen LogP contribution in [-0.4, -0.2) is 15.5 Å². The molecule has 4 aromatic rings. The predicted molar refractivity (Wildman–Crippen MR) is 131 cm³/mol. The fourth-order valence-electron chi connectivity index (χ4n) is 4.12. The number of pyridine rings is 1. The van der Waals surface area contributed by atoms with Gasteiger partial charge in [0.1, 0.15) is 11.6 Å². The van der Waals surface area contributed by atoms with E-state index in [-0.39, 0.29) is 23.2 Å². The zero-order chi connectivity index (χ0) is 24.2. The third kappa shape index (κ3) is 4.24. The van der Waals surface area contributed by atoms with Crippen molar-refractivity contribution in [2.75, 3.05) is 0 Å². The van der Waals surface area contributed by atoms with Crippen LogP contribution in [0.4, 0.5) is 0 Å². The van der Waals surface area contributed by atoms with E-state index in [9.17, 15) is 20.0 Å². The molecule has 4 rings (SSSR count). The molecule has 34 heavy (non-hydrogen) atoms. The number of Topliss-reactive ketones (excluding diaryl/α,β-unsaturated/α-hetero) is 1. The summed E-state index contributed by atoms with van der Waals surface area (Å²) in [6.07, 6.45) is 0. The van der Waals surface area contributed by atoms with Crippen LogP contribution < -0.4 is 5.56 Å². The van der Waals surface area contributed by atoms with E-state index in [4.69, 9.17) is 11.6 Å². The van der Waals surface area contributed by atoms with Gasteiger partial charge in [0.15, 0.2) is 5.78 Å². The first-order valence-electron chi connectivity index (χ1n) is 10.7. The Labute approximate surface area is 202 Å². The highest BCUT2D eigenvalue weighted by atomic mass is 35.5. The number of nitrogens with zero attached hydrogens (tertiary/aromatic N) is 2. The summed E-state index contributed by atoms with van der Waals surface area (Å²) < 4.78 is 1.03. The smallest absolute Gasteiger partial charge is 0.271 e. The number of aromatic nitrogens is 1. The van der Waals surface area contributed by atoms with Crippen LogP contribution in [-0.2, 0) is 6.54 Å². The van der Waals surface area contributed by atoms with Crippen LogP contribution in [0.15, 0.2) is 89.7 Å². The van der Waals surface area contributed by atoms with E-state index in [2.05, 4.69) is 0 Å². The van der Waals surface area contributed by atoms with Crippen molar-refractivity contribution in [3.8, 4) is 11.9 Å². The van der Waals surface area contributed by atoms with E-state index in [1.165, 1.54) is 6.92 Å². The molecule has 1 aromatic heterocycles. The second-order valence-corrected chi connectivity index (χ2v) is 8.32. The molecule has 0 aliphatic heterocycles. The van der Waals surface area contributed by atoms with Gasteiger partial charge in [-0.1, -0.05) is 90.5 Å². The van der Waals surface area contributed by atoms with Crippen molar-refractivity contribution in [1.29, 1.82) is 5.26 Å². The van der Waals surface area contributed by atoms with Crippen molar-refractivity contribution in [2.24, 2.45) is 0 Å². The van der Waals surface area contributed by atoms with Crippen LogP contribution in [0.2, 0.25) is 5.02 Å². The number of carbonyl (C=O) groups excluding carboxylic acids is 1. The fourth-order valence-corrected chi connectivity index (χ4v) is 4.32. The lowest BCUT2D eigenvalue weighted by Gasteiger charge is -2.21. The molecule has 0 atom stereocenters. The lowest BCUT2D eigenvalue weighted by molar-refractivity contribution is 0.0969. The fraction of sp³-hybridized carbons (Fsp3) is 0.107. The molecule has 168 valence electrons.